The molecule has 7 nitrogen and oxygen atoms in total. The van der Waals surface area contributed by atoms with Crippen LogP contribution < -0.4 is 0 Å². The Morgan fingerprint density at radius 1 is 0.966 bits per heavy atom. The van der Waals surface area contributed by atoms with Crippen LogP contribution >= 0.6 is 23.0 Å². The van der Waals surface area contributed by atoms with Gasteiger partial charge in [0.05, 0.1) is 28.8 Å². The molecule has 0 amide bonds. The highest BCUT2D eigenvalue weighted by atomic mass is 35.5. The molecule has 1 heterocycles. The molecule has 0 saturated heterocycles. The van der Waals surface area contributed by atoms with Gasteiger partial charge in [-0.1, -0.05) is 30.3 Å². The molecule has 1 aliphatic heterocycles. The van der Waals surface area contributed by atoms with Gasteiger partial charge in [0.2, 0.25) is 0 Å². The topological polar surface area (TPSA) is 118 Å². The third kappa shape index (κ3) is 4.95. The third-order valence-electron chi connectivity index (χ3n) is 4.89. The molecule has 0 spiro atoms. The monoisotopic (exact) mass is 463 g/mol. The lowest BCUT2D eigenvalue weighted by Crippen LogP contribution is -2.30. The molecule has 162 valence electrons. The van der Waals surface area contributed by atoms with E-state index in [4.69, 9.17) is 0 Å². The maximum atomic E-state index is 13.3. The van der Waals surface area contributed by atoms with Crippen LogP contribution in [0.1, 0.15) is 16.4 Å². The van der Waals surface area contributed by atoms with Crippen molar-refractivity contribution >= 4 is 32.8 Å². The Morgan fingerprint density at radius 2 is 1.59 bits per heavy atom. The second-order valence-electron chi connectivity index (χ2n) is 6.73. The molecule has 0 fully saturated rings. The Balaban J connectivity index is 0.00000300. The predicted octanol–water partition coefficient (Wildman–Crippen LogP) is 2.53. The molecule has 1 unspecified atom stereocenters. The zero-order valence-electron chi connectivity index (χ0n) is 15.7. The SMILES string of the molecule is Cl.O=S(=O)(c1ccccc1)C1CS(O)(O)c2cccc(CN(CCO)CCO)c21. The summed E-state index contributed by atoms with van der Waals surface area (Å²) in [5.74, 6) is -0.267. The Bertz CT molecular complexity index is 918. The Kier molecular flexibility index (Phi) is 8.11. The molecular weight excluding hydrogens is 438 g/mol. The molecule has 0 aliphatic carbocycles. The summed E-state index contributed by atoms with van der Waals surface area (Å²) >= 11 is 0. The highest BCUT2D eigenvalue weighted by Gasteiger charge is 2.44. The van der Waals surface area contributed by atoms with E-state index in [9.17, 15) is 27.7 Å². The lowest BCUT2D eigenvalue weighted by Gasteiger charge is -2.27. The summed E-state index contributed by atoms with van der Waals surface area (Å²) in [4.78, 5) is 2.20. The molecule has 0 radical (unpaired) electrons. The molecule has 10 heteroatoms. The van der Waals surface area contributed by atoms with E-state index in [0.717, 1.165) is 0 Å². The van der Waals surface area contributed by atoms with Gasteiger partial charge in [0.1, 0.15) is 5.25 Å². The molecule has 3 rings (SSSR count). The molecule has 0 saturated carbocycles. The Labute approximate surface area is 178 Å². The molecule has 2 aromatic carbocycles. The minimum Gasteiger partial charge on any atom is -0.395 e. The van der Waals surface area contributed by atoms with Crippen LogP contribution in [0.3, 0.4) is 0 Å². The highest BCUT2D eigenvalue weighted by molar-refractivity contribution is 8.25. The number of hydrogen-bond donors (Lipinski definition) is 4. The van der Waals surface area contributed by atoms with Crippen LogP contribution in [0.15, 0.2) is 58.3 Å². The van der Waals surface area contributed by atoms with Gasteiger partial charge in [-0.2, -0.15) is 10.6 Å². The maximum absolute atomic E-state index is 13.3. The lowest BCUT2D eigenvalue weighted by atomic mass is 10.0. The van der Waals surface area contributed by atoms with Crippen LogP contribution in [0.5, 0.6) is 0 Å². The first kappa shape index (κ1) is 24.1. The normalized spacial score (nSPS) is 18.9. The number of aliphatic hydroxyl groups excluding tert-OH is 2. The Hall–Kier alpha value is -1.17. The fourth-order valence-corrected chi connectivity index (χ4v) is 8.08. The van der Waals surface area contributed by atoms with Gasteiger partial charge in [-0.05, 0) is 29.3 Å². The minimum absolute atomic E-state index is 0. The first-order valence-corrected chi connectivity index (χ1v) is 12.2. The molecule has 4 N–H and O–H groups in total. The fourth-order valence-electron chi connectivity index (χ4n) is 3.57. The van der Waals surface area contributed by atoms with Crippen molar-refractivity contribution < 1.29 is 27.7 Å². The lowest BCUT2D eigenvalue weighted by molar-refractivity contribution is 0.155. The number of hydrogen-bond acceptors (Lipinski definition) is 7. The van der Waals surface area contributed by atoms with Crippen LogP contribution in [0.2, 0.25) is 0 Å². The number of halogens is 1. The summed E-state index contributed by atoms with van der Waals surface area (Å²) in [6.45, 7) is 0.722. The van der Waals surface area contributed by atoms with Crippen molar-refractivity contribution in [2.45, 2.75) is 21.6 Å². The van der Waals surface area contributed by atoms with Crippen molar-refractivity contribution in [1.29, 1.82) is 0 Å². The van der Waals surface area contributed by atoms with Gasteiger partial charge >= 0.3 is 0 Å². The van der Waals surface area contributed by atoms with E-state index in [2.05, 4.69) is 0 Å². The highest BCUT2D eigenvalue weighted by Crippen LogP contribution is 2.62. The average Bonchev–Trinajstić information content (AvgIpc) is 2.96. The molecule has 1 atom stereocenters. The van der Waals surface area contributed by atoms with Gasteiger partial charge in [0.25, 0.3) is 0 Å². The maximum Gasteiger partial charge on any atom is 0.187 e. The zero-order valence-corrected chi connectivity index (χ0v) is 18.2. The number of nitrogens with zero attached hydrogens (tertiary/aromatic N) is 1. The van der Waals surface area contributed by atoms with E-state index in [1.165, 1.54) is 12.1 Å². The van der Waals surface area contributed by atoms with E-state index in [0.29, 0.717) is 30.8 Å². The quantitative estimate of drug-likeness (QED) is 0.475. The molecule has 2 aromatic rings. The van der Waals surface area contributed by atoms with Crippen molar-refractivity contribution in [3.8, 4) is 0 Å². The van der Waals surface area contributed by atoms with E-state index in [-0.39, 0.29) is 41.2 Å². The number of sulfone groups is 1. The minimum atomic E-state index is -3.82. The standard InChI is InChI=1S/C19H25NO6S2.ClH/c21-11-9-20(10-12-22)13-15-5-4-8-17-19(15)18(14-27(17,23)24)28(25,26)16-6-2-1-3-7-16;/h1-8,18,21-24H,9-14H2;1H. The van der Waals surface area contributed by atoms with E-state index >= 15 is 0 Å². The van der Waals surface area contributed by atoms with Crippen LogP contribution in [0.4, 0.5) is 0 Å². The smallest absolute Gasteiger partial charge is 0.187 e. The van der Waals surface area contributed by atoms with Gasteiger partial charge in [-0.3, -0.25) is 14.0 Å². The molecule has 0 aromatic heterocycles. The summed E-state index contributed by atoms with van der Waals surface area (Å²) < 4.78 is 47.7. The summed E-state index contributed by atoms with van der Waals surface area (Å²) in [6, 6.07) is 13.0. The first-order chi connectivity index (χ1) is 13.3. The number of aliphatic hydroxyl groups is 2. The van der Waals surface area contributed by atoms with Crippen LogP contribution in [-0.4, -0.2) is 64.7 Å². The molecular formula is C19H26ClNO6S2. The molecule has 1 aliphatic rings. The number of fused-ring (bicyclic) bond motifs is 1. The number of benzene rings is 2. The first-order valence-electron chi connectivity index (χ1n) is 8.92. The van der Waals surface area contributed by atoms with E-state index in [1.807, 2.05) is 0 Å². The molecule has 0 bridgehead atoms. The van der Waals surface area contributed by atoms with Crippen molar-refractivity contribution in [3.05, 3.63) is 59.7 Å². The third-order valence-corrected chi connectivity index (χ3v) is 9.04. The zero-order chi connectivity index (χ0) is 20.4. The second-order valence-corrected chi connectivity index (χ2v) is 11.0. The largest absolute Gasteiger partial charge is 0.395 e. The van der Waals surface area contributed by atoms with Crippen molar-refractivity contribution in [2.24, 2.45) is 0 Å². The van der Waals surface area contributed by atoms with Gasteiger partial charge in [0.15, 0.2) is 9.84 Å². The number of rotatable bonds is 8. The van der Waals surface area contributed by atoms with E-state index < -0.39 is 25.7 Å². The van der Waals surface area contributed by atoms with Crippen molar-refractivity contribution in [3.63, 3.8) is 0 Å². The van der Waals surface area contributed by atoms with Crippen LogP contribution in [-0.2, 0) is 16.4 Å². The van der Waals surface area contributed by atoms with Crippen molar-refractivity contribution in [1.82, 2.24) is 4.90 Å². The predicted molar refractivity (Wildman–Crippen MR) is 115 cm³/mol. The van der Waals surface area contributed by atoms with Gasteiger partial charge in [-0.15, -0.1) is 12.4 Å². The fraction of sp³-hybridized carbons (Fsp3) is 0.368. The van der Waals surface area contributed by atoms with E-state index in [1.54, 1.807) is 41.3 Å². The van der Waals surface area contributed by atoms with Crippen molar-refractivity contribution in [2.75, 3.05) is 32.1 Å². The van der Waals surface area contributed by atoms with Crippen LogP contribution in [0.25, 0.3) is 0 Å². The summed E-state index contributed by atoms with van der Waals surface area (Å²) in [7, 11) is -7.05. The summed E-state index contributed by atoms with van der Waals surface area (Å²) in [6.07, 6.45) is 0. The summed E-state index contributed by atoms with van der Waals surface area (Å²) in [5.41, 5.74) is 1.08. The van der Waals surface area contributed by atoms with Gasteiger partial charge in [0, 0.05) is 19.6 Å². The molecule has 29 heavy (non-hydrogen) atoms. The van der Waals surface area contributed by atoms with Gasteiger partial charge < -0.3 is 10.2 Å². The second kappa shape index (κ2) is 9.76. The van der Waals surface area contributed by atoms with Gasteiger partial charge in [-0.25, -0.2) is 8.42 Å². The Morgan fingerprint density at radius 3 is 2.17 bits per heavy atom. The summed E-state index contributed by atoms with van der Waals surface area (Å²) in [5, 5.41) is 17.4. The average molecular weight is 464 g/mol. The van der Waals surface area contributed by atoms with Crippen LogP contribution in [0, 0.1) is 0 Å².